The molecule has 1 unspecified atom stereocenters. The number of nitrogens with zero attached hydrogens (tertiary/aromatic N) is 3. The van der Waals surface area contributed by atoms with Crippen LogP contribution in [-0.4, -0.2) is 28.9 Å². The van der Waals surface area contributed by atoms with Crippen LogP contribution in [0.4, 0.5) is 5.82 Å². The number of pyridine rings is 1. The van der Waals surface area contributed by atoms with E-state index in [9.17, 15) is 4.79 Å². The van der Waals surface area contributed by atoms with Gasteiger partial charge in [0.25, 0.3) is 0 Å². The molecule has 0 saturated carbocycles. The maximum atomic E-state index is 12.2. The van der Waals surface area contributed by atoms with E-state index in [0.717, 1.165) is 11.1 Å². The van der Waals surface area contributed by atoms with E-state index in [0.29, 0.717) is 25.3 Å². The molecule has 5 heteroatoms. The molecule has 1 aromatic carbocycles. The fraction of sp³-hybridized carbons (Fsp3) is 0.278. The highest BCUT2D eigenvalue weighted by atomic mass is 16.2. The monoisotopic (exact) mass is 306 g/mol. The Bertz CT molecular complexity index is 748. The SMILES string of the molecule is Cc1cccc(-c2ccc(NC(=O)C3CCN(C#N)C3)nc2)c1. The van der Waals surface area contributed by atoms with Gasteiger partial charge in [-0.1, -0.05) is 29.8 Å². The molecule has 0 aliphatic carbocycles. The van der Waals surface area contributed by atoms with Crippen LogP contribution < -0.4 is 5.32 Å². The number of benzene rings is 1. The van der Waals surface area contributed by atoms with Gasteiger partial charge in [0.2, 0.25) is 5.91 Å². The van der Waals surface area contributed by atoms with Crippen molar-refractivity contribution in [3.8, 4) is 17.3 Å². The molecule has 0 spiro atoms. The van der Waals surface area contributed by atoms with E-state index in [4.69, 9.17) is 5.26 Å². The number of aromatic nitrogens is 1. The lowest BCUT2D eigenvalue weighted by Gasteiger charge is -2.10. The third-order valence-corrected chi connectivity index (χ3v) is 4.07. The third-order valence-electron chi connectivity index (χ3n) is 4.07. The molecule has 1 aliphatic rings. The number of amides is 1. The zero-order chi connectivity index (χ0) is 16.2. The first-order valence-corrected chi connectivity index (χ1v) is 7.64. The summed E-state index contributed by atoms with van der Waals surface area (Å²) >= 11 is 0. The van der Waals surface area contributed by atoms with Crippen LogP contribution in [0.15, 0.2) is 42.6 Å². The quantitative estimate of drug-likeness (QED) is 0.885. The van der Waals surface area contributed by atoms with Crippen molar-refractivity contribution in [3.05, 3.63) is 48.2 Å². The molecule has 3 rings (SSSR count). The number of hydrogen-bond donors (Lipinski definition) is 1. The average molecular weight is 306 g/mol. The second-order valence-corrected chi connectivity index (χ2v) is 5.82. The predicted octanol–water partition coefficient (Wildman–Crippen LogP) is 2.80. The molecule has 5 nitrogen and oxygen atoms in total. The Hall–Kier alpha value is -2.87. The average Bonchev–Trinajstić information content (AvgIpc) is 3.05. The molecule has 0 bridgehead atoms. The van der Waals surface area contributed by atoms with Gasteiger partial charge in [0.1, 0.15) is 5.82 Å². The zero-order valence-corrected chi connectivity index (χ0v) is 13.0. The van der Waals surface area contributed by atoms with Crippen molar-refractivity contribution in [2.45, 2.75) is 13.3 Å². The highest BCUT2D eigenvalue weighted by Crippen LogP contribution is 2.21. The first-order valence-electron chi connectivity index (χ1n) is 7.64. The standard InChI is InChI=1S/C18H18N4O/c1-13-3-2-4-14(9-13)15-5-6-17(20-10-15)21-18(23)16-7-8-22(11-16)12-19/h2-6,9-10,16H,7-8,11H2,1H3,(H,20,21,23). The Balaban J connectivity index is 1.66. The fourth-order valence-corrected chi connectivity index (χ4v) is 2.76. The van der Waals surface area contributed by atoms with Gasteiger partial charge in [-0.15, -0.1) is 0 Å². The number of carbonyl (C=O) groups is 1. The topological polar surface area (TPSA) is 69.0 Å². The summed E-state index contributed by atoms with van der Waals surface area (Å²) in [6, 6.07) is 12.0. The van der Waals surface area contributed by atoms with E-state index in [1.807, 2.05) is 24.3 Å². The van der Waals surface area contributed by atoms with Crippen molar-refractivity contribution in [2.75, 3.05) is 18.4 Å². The lowest BCUT2D eigenvalue weighted by molar-refractivity contribution is -0.119. The maximum Gasteiger partial charge on any atom is 0.230 e. The molecular formula is C18H18N4O. The summed E-state index contributed by atoms with van der Waals surface area (Å²) in [5, 5.41) is 11.7. The minimum atomic E-state index is -0.145. The predicted molar refractivity (Wildman–Crippen MR) is 88.3 cm³/mol. The number of hydrogen-bond acceptors (Lipinski definition) is 4. The number of rotatable bonds is 3. The number of anilines is 1. The molecule has 2 aromatic rings. The molecular weight excluding hydrogens is 288 g/mol. The summed E-state index contributed by atoms with van der Waals surface area (Å²) in [6.07, 6.45) is 4.55. The number of carbonyl (C=O) groups excluding carboxylic acids is 1. The van der Waals surface area contributed by atoms with E-state index in [1.165, 1.54) is 5.56 Å². The third kappa shape index (κ3) is 3.49. The molecule has 2 heterocycles. The number of likely N-dealkylation sites (tertiary alicyclic amines) is 1. The first kappa shape index (κ1) is 15.0. The van der Waals surface area contributed by atoms with Gasteiger partial charge in [-0.05, 0) is 31.0 Å². The maximum absolute atomic E-state index is 12.2. The molecule has 1 amide bonds. The van der Waals surface area contributed by atoms with Crippen LogP contribution in [0.1, 0.15) is 12.0 Å². The van der Waals surface area contributed by atoms with Gasteiger partial charge in [0.15, 0.2) is 6.19 Å². The highest BCUT2D eigenvalue weighted by Gasteiger charge is 2.27. The Labute approximate surface area is 135 Å². The first-order chi connectivity index (χ1) is 11.2. The van der Waals surface area contributed by atoms with Crippen molar-refractivity contribution in [1.82, 2.24) is 9.88 Å². The zero-order valence-electron chi connectivity index (χ0n) is 13.0. The van der Waals surface area contributed by atoms with Crippen LogP contribution in [0.2, 0.25) is 0 Å². The van der Waals surface area contributed by atoms with Crippen molar-refractivity contribution in [1.29, 1.82) is 5.26 Å². The Kier molecular flexibility index (Phi) is 4.24. The minimum absolute atomic E-state index is 0.0708. The molecule has 0 radical (unpaired) electrons. The van der Waals surface area contributed by atoms with Crippen LogP contribution >= 0.6 is 0 Å². The number of aryl methyl sites for hydroxylation is 1. The molecule has 23 heavy (non-hydrogen) atoms. The van der Waals surface area contributed by atoms with Gasteiger partial charge >= 0.3 is 0 Å². The van der Waals surface area contributed by atoms with E-state index >= 15 is 0 Å². The number of nitrogens with one attached hydrogen (secondary N) is 1. The second-order valence-electron chi connectivity index (χ2n) is 5.82. The van der Waals surface area contributed by atoms with Crippen LogP contribution in [0, 0.1) is 24.3 Å². The van der Waals surface area contributed by atoms with Gasteiger partial charge in [-0.25, -0.2) is 4.98 Å². The summed E-state index contributed by atoms with van der Waals surface area (Å²) in [5.41, 5.74) is 3.32. The Morgan fingerprint density at radius 1 is 1.35 bits per heavy atom. The minimum Gasteiger partial charge on any atom is -0.310 e. The summed E-state index contributed by atoms with van der Waals surface area (Å²) in [6.45, 7) is 3.19. The lowest BCUT2D eigenvalue weighted by atomic mass is 10.1. The summed E-state index contributed by atoms with van der Waals surface area (Å²) in [4.78, 5) is 18.1. The second kappa shape index (κ2) is 6.49. The molecule has 1 saturated heterocycles. The molecule has 1 aliphatic heterocycles. The lowest BCUT2D eigenvalue weighted by Crippen LogP contribution is -2.25. The fourth-order valence-electron chi connectivity index (χ4n) is 2.76. The molecule has 116 valence electrons. The van der Waals surface area contributed by atoms with Crippen LogP contribution in [0.25, 0.3) is 11.1 Å². The van der Waals surface area contributed by atoms with Crippen molar-refractivity contribution in [2.24, 2.45) is 5.92 Å². The molecule has 1 fully saturated rings. The summed E-state index contributed by atoms with van der Waals surface area (Å²) < 4.78 is 0. The van der Waals surface area contributed by atoms with E-state index < -0.39 is 0 Å². The van der Waals surface area contributed by atoms with Crippen molar-refractivity contribution in [3.63, 3.8) is 0 Å². The van der Waals surface area contributed by atoms with Crippen LogP contribution in [-0.2, 0) is 4.79 Å². The van der Waals surface area contributed by atoms with Crippen LogP contribution in [0.5, 0.6) is 0 Å². The smallest absolute Gasteiger partial charge is 0.230 e. The van der Waals surface area contributed by atoms with Crippen LogP contribution in [0.3, 0.4) is 0 Å². The Morgan fingerprint density at radius 3 is 2.87 bits per heavy atom. The van der Waals surface area contributed by atoms with Crippen molar-refractivity contribution < 1.29 is 4.79 Å². The number of nitriles is 1. The normalized spacial score (nSPS) is 16.9. The van der Waals surface area contributed by atoms with Gasteiger partial charge in [-0.2, -0.15) is 5.26 Å². The van der Waals surface area contributed by atoms with E-state index in [1.54, 1.807) is 11.1 Å². The van der Waals surface area contributed by atoms with Gasteiger partial charge in [-0.3, -0.25) is 4.79 Å². The largest absolute Gasteiger partial charge is 0.310 e. The summed E-state index contributed by atoms with van der Waals surface area (Å²) in [7, 11) is 0. The molecule has 1 atom stereocenters. The summed E-state index contributed by atoms with van der Waals surface area (Å²) in [5.74, 6) is 0.327. The molecule has 1 aromatic heterocycles. The van der Waals surface area contributed by atoms with E-state index in [2.05, 4.69) is 35.6 Å². The van der Waals surface area contributed by atoms with Gasteiger partial charge in [0.05, 0.1) is 5.92 Å². The highest BCUT2D eigenvalue weighted by molar-refractivity contribution is 5.92. The van der Waals surface area contributed by atoms with Gasteiger partial charge in [0, 0.05) is 24.8 Å². The molecule has 1 N–H and O–H groups in total. The Morgan fingerprint density at radius 2 is 2.22 bits per heavy atom. The van der Waals surface area contributed by atoms with Gasteiger partial charge < -0.3 is 10.2 Å². The van der Waals surface area contributed by atoms with E-state index in [-0.39, 0.29) is 11.8 Å². The van der Waals surface area contributed by atoms with Crippen molar-refractivity contribution >= 4 is 11.7 Å².